The van der Waals surface area contributed by atoms with Crippen LogP contribution in [0.5, 0.6) is 0 Å². The minimum Gasteiger partial charge on any atom is -0.254 e. The van der Waals surface area contributed by atoms with Gasteiger partial charge < -0.3 is 0 Å². The van der Waals surface area contributed by atoms with Crippen molar-refractivity contribution in [1.29, 1.82) is 0 Å². The summed E-state index contributed by atoms with van der Waals surface area (Å²) < 4.78 is 0. The standard InChI is InChI=1S/C18H12N2.C10H8/c1-2-5-13(6-3-1)16-11-10-15-9-8-14-7-4-12-19-17(14)18(15)20-16;1-2-6-10-8-4-3-7-9(10)5-1/h1-12H;1-8H. The van der Waals surface area contributed by atoms with Crippen molar-refractivity contribution in [3.63, 3.8) is 0 Å². The van der Waals surface area contributed by atoms with Crippen LogP contribution in [0, 0.1) is 0 Å². The largest absolute Gasteiger partial charge is 0.254 e. The topological polar surface area (TPSA) is 25.8 Å². The average Bonchev–Trinajstić information content (AvgIpc) is 2.85. The van der Waals surface area contributed by atoms with E-state index in [1.54, 1.807) is 0 Å². The molecule has 0 fully saturated rings. The fraction of sp³-hybridized carbons (Fsp3) is 0. The van der Waals surface area contributed by atoms with Crippen molar-refractivity contribution in [3.05, 3.63) is 121 Å². The molecule has 0 aliphatic carbocycles. The molecule has 4 aromatic carbocycles. The lowest BCUT2D eigenvalue weighted by molar-refractivity contribution is 1.37. The maximum Gasteiger partial charge on any atom is 0.0972 e. The molecule has 6 aromatic rings. The van der Waals surface area contributed by atoms with Gasteiger partial charge in [0.15, 0.2) is 0 Å². The summed E-state index contributed by atoms with van der Waals surface area (Å²) in [6, 6.07) is 39.3. The van der Waals surface area contributed by atoms with E-state index in [9.17, 15) is 0 Å². The van der Waals surface area contributed by atoms with Gasteiger partial charge in [0.25, 0.3) is 0 Å². The maximum atomic E-state index is 4.81. The van der Waals surface area contributed by atoms with Gasteiger partial charge in [0.1, 0.15) is 0 Å². The maximum absolute atomic E-state index is 4.81. The summed E-state index contributed by atoms with van der Waals surface area (Å²) in [6.45, 7) is 0. The van der Waals surface area contributed by atoms with Gasteiger partial charge in [0, 0.05) is 22.5 Å². The van der Waals surface area contributed by atoms with E-state index in [1.807, 2.05) is 30.5 Å². The summed E-state index contributed by atoms with van der Waals surface area (Å²) in [6.07, 6.45) is 1.82. The summed E-state index contributed by atoms with van der Waals surface area (Å²) in [5, 5.41) is 4.86. The summed E-state index contributed by atoms with van der Waals surface area (Å²) in [4.78, 5) is 9.29. The summed E-state index contributed by atoms with van der Waals surface area (Å²) in [7, 11) is 0. The number of fused-ring (bicyclic) bond motifs is 4. The van der Waals surface area contributed by atoms with Gasteiger partial charge in [-0.3, -0.25) is 4.98 Å². The molecule has 0 N–H and O–H groups in total. The Morgan fingerprint density at radius 3 is 1.60 bits per heavy atom. The van der Waals surface area contributed by atoms with Gasteiger partial charge in [-0.1, -0.05) is 103 Å². The zero-order valence-corrected chi connectivity index (χ0v) is 16.4. The van der Waals surface area contributed by atoms with Crippen LogP contribution in [-0.2, 0) is 0 Å². The van der Waals surface area contributed by atoms with Crippen molar-refractivity contribution in [3.8, 4) is 11.3 Å². The van der Waals surface area contributed by atoms with Crippen molar-refractivity contribution in [2.45, 2.75) is 0 Å². The third-order valence-electron chi connectivity index (χ3n) is 5.16. The molecule has 0 radical (unpaired) electrons. The van der Waals surface area contributed by atoms with Crippen LogP contribution in [0.15, 0.2) is 121 Å². The van der Waals surface area contributed by atoms with Gasteiger partial charge in [-0.25, -0.2) is 4.98 Å². The van der Waals surface area contributed by atoms with Crippen LogP contribution < -0.4 is 0 Å². The van der Waals surface area contributed by atoms with Gasteiger partial charge in [0.05, 0.1) is 16.7 Å². The number of hydrogen-bond acceptors (Lipinski definition) is 2. The zero-order valence-electron chi connectivity index (χ0n) is 16.4. The highest BCUT2D eigenvalue weighted by Gasteiger charge is 2.05. The number of aromatic nitrogens is 2. The second-order valence-corrected chi connectivity index (χ2v) is 7.12. The normalized spacial score (nSPS) is 10.7. The van der Waals surface area contributed by atoms with E-state index in [1.165, 1.54) is 10.8 Å². The molecule has 30 heavy (non-hydrogen) atoms. The molecule has 0 aliphatic heterocycles. The van der Waals surface area contributed by atoms with Gasteiger partial charge in [-0.2, -0.15) is 0 Å². The Hall–Kier alpha value is -4.04. The SMILES string of the molecule is c1ccc(-c2ccc3ccc4cccnc4c3n2)cc1.c1ccc2ccccc2c1. The van der Waals surface area contributed by atoms with Gasteiger partial charge in [-0.05, 0) is 22.9 Å². The molecule has 2 heterocycles. The molecule has 2 nitrogen and oxygen atoms in total. The van der Waals surface area contributed by atoms with E-state index < -0.39 is 0 Å². The molecule has 2 heteroatoms. The molecule has 0 bridgehead atoms. The van der Waals surface area contributed by atoms with Gasteiger partial charge in [-0.15, -0.1) is 0 Å². The molecular weight excluding hydrogens is 364 g/mol. The van der Waals surface area contributed by atoms with Gasteiger partial charge in [0.2, 0.25) is 0 Å². The Balaban J connectivity index is 0.000000161. The van der Waals surface area contributed by atoms with Crippen molar-refractivity contribution in [1.82, 2.24) is 9.97 Å². The van der Waals surface area contributed by atoms with Gasteiger partial charge >= 0.3 is 0 Å². The Bertz CT molecular complexity index is 1370. The van der Waals surface area contributed by atoms with Crippen molar-refractivity contribution in [2.24, 2.45) is 0 Å². The predicted molar refractivity (Wildman–Crippen MR) is 126 cm³/mol. The van der Waals surface area contributed by atoms with Crippen molar-refractivity contribution >= 4 is 32.6 Å². The quantitative estimate of drug-likeness (QED) is 0.278. The molecule has 0 aliphatic rings. The lowest BCUT2D eigenvalue weighted by atomic mass is 10.1. The second-order valence-electron chi connectivity index (χ2n) is 7.12. The summed E-state index contributed by atoms with van der Waals surface area (Å²) in [5.74, 6) is 0. The predicted octanol–water partition coefficient (Wildman–Crippen LogP) is 7.29. The molecule has 0 amide bonds. The number of nitrogens with zero attached hydrogens (tertiary/aromatic N) is 2. The van der Waals surface area contributed by atoms with Crippen molar-refractivity contribution < 1.29 is 0 Å². The Labute approximate surface area is 175 Å². The van der Waals surface area contributed by atoms with E-state index in [0.717, 1.165) is 33.1 Å². The number of hydrogen-bond donors (Lipinski definition) is 0. The molecule has 0 atom stereocenters. The number of pyridine rings is 2. The smallest absolute Gasteiger partial charge is 0.0972 e. The third kappa shape index (κ3) is 3.63. The molecule has 6 rings (SSSR count). The van der Waals surface area contributed by atoms with Crippen molar-refractivity contribution in [2.75, 3.05) is 0 Å². The highest BCUT2D eigenvalue weighted by atomic mass is 14.7. The summed E-state index contributed by atoms with van der Waals surface area (Å²) in [5.41, 5.74) is 4.03. The second kappa shape index (κ2) is 8.14. The van der Waals surface area contributed by atoms with Crippen LogP contribution in [0.1, 0.15) is 0 Å². The van der Waals surface area contributed by atoms with Crippen LogP contribution in [0.2, 0.25) is 0 Å². The minimum absolute atomic E-state index is 0.961. The first-order chi connectivity index (χ1) is 14.9. The average molecular weight is 384 g/mol. The molecule has 0 unspecified atom stereocenters. The molecule has 0 saturated carbocycles. The third-order valence-corrected chi connectivity index (χ3v) is 5.16. The molecule has 0 saturated heterocycles. The fourth-order valence-electron chi connectivity index (χ4n) is 3.63. The van der Waals surface area contributed by atoms with E-state index in [0.29, 0.717) is 0 Å². The number of benzene rings is 4. The van der Waals surface area contributed by atoms with Crippen LogP contribution in [0.3, 0.4) is 0 Å². The highest BCUT2D eigenvalue weighted by molar-refractivity contribution is 6.03. The van der Waals surface area contributed by atoms with E-state index >= 15 is 0 Å². The number of rotatable bonds is 1. The van der Waals surface area contributed by atoms with Crippen LogP contribution in [0.4, 0.5) is 0 Å². The fourth-order valence-corrected chi connectivity index (χ4v) is 3.63. The highest BCUT2D eigenvalue weighted by Crippen LogP contribution is 2.25. The lowest BCUT2D eigenvalue weighted by Gasteiger charge is -2.05. The van der Waals surface area contributed by atoms with Crippen LogP contribution in [-0.4, -0.2) is 9.97 Å². The molecule has 142 valence electrons. The Kier molecular flexibility index (Phi) is 4.89. The van der Waals surface area contributed by atoms with E-state index in [2.05, 4.69) is 96.0 Å². The monoisotopic (exact) mass is 384 g/mol. The van der Waals surface area contributed by atoms with E-state index in [-0.39, 0.29) is 0 Å². The van der Waals surface area contributed by atoms with Crippen LogP contribution >= 0.6 is 0 Å². The summed E-state index contributed by atoms with van der Waals surface area (Å²) >= 11 is 0. The molecule has 2 aromatic heterocycles. The first-order valence-electron chi connectivity index (χ1n) is 10.0. The van der Waals surface area contributed by atoms with E-state index in [4.69, 9.17) is 4.98 Å². The molecular formula is C28H20N2. The Morgan fingerprint density at radius 2 is 0.933 bits per heavy atom. The Morgan fingerprint density at radius 1 is 0.400 bits per heavy atom. The zero-order chi connectivity index (χ0) is 20.2. The molecule has 0 spiro atoms. The first-order valence-corrected chi connectivity index (χ1v) is 10.0. The minimum atomic E-state index is 0.961. The van der Waals surface area contributed by atoms with Crippen LogP contribution in [0.25, 0.3) is 43.8 Å². The first kappa shape index (κ1) is 18.0. The lowest BCUT2D eigenvalue weighted by Crippen LogP contribution is -1.88.